The summed E-state index contributed by atoms with van der Waals surface area (Å²) in [5.74, 6) is -0.0561. The van der Waals surface area contributed by atoms with Crippen LogP contribution < -0.4 is 10.2 Å². The van der Waals surface area contributed by atoms with Crippen LogP contribution >= 0.6 is 11.3 Å². The van der Waals surface area contributed by atoms with Gasteiger partial charge in [0.1, 0.15) is 5.69 Å². The van der Waals surface area contributed by atoms with E-state index >= 15 is 0 Å². The van der Waals surface area contributed by atoms with Crippen molar-refractivity contribution in [3.05, 3.63) is 11.1 Å². The van der Waals surface area contributed by atoms with E-state index in [9.17, 15) is 4.79 Å². The van der Waals surface area contributed by atoms with Gasteiger partial charge in [0, 0.05) is 24.0 Å². The molecule has 0 unspecified atom stereocenters. The maximum Gasteiger partial charge on any atom is 0.271 e. The zero-order valence-corrected chi connectivity index (χ0v) is 15.7. The molecule has 0 radical (unpaired) electrons. The van der Waals surface area contributed by atoms with Crippen LogP contribution in [0.3, 0.4) is 0 Å². The molecule has 1 aromatic rings. The molecule has 0 aliphatic carbocycles. The highest BCUT2D eigenvalue weighted by atomic mass is 32.1. The highest BCUT2D eigenvalue weighted by Crippen LogP contribution is 2.24. The summed E-state index contributed by atoms with van der Waals surface area (Å²) in [4.78, 5) is 21.5. The molecule has 1 amide bonds. The van der Waals surface area contributed by atoms with Gasteiger partial charge in [-0.2, -0.15) is 0 Å². The van der Waals surface area contributed by atoms with Crippen LogP contribution in [0.2, 0.25) is 0 Å². The summed E-state index contributed by atoms with van der Waals surface area (Å²) in [5, 5.41) is 6.00. The van der Waals surface area contributed by atoms with Crippen LogP contribution in [0.1, 0.15) is 56.4 Å². The van der Waals surface area contributed by atoms with Gasteiger partial charge in [-0.1, -0.05) is 0 Å². The molecule has 2 rings (SSSR count). The molecule has 23 heavy (non-hydrogen) atoms. The number of anilines is 1. The summed E-state index contributed by atoms with van der Waals surface area (Å²) in [5.41, 5.74) is 0.346. The minimum Gasteiger partial charge on any atom is -0.348 e. The van der Waals surface area contributed by atoms with E-state index in [0.717, 1.165) is 37.6 Å². The highest BCUT2D eigenvalue weighted by Gasteiger charge is 2.23. The van der Waals surface area contributed by atoms with Crippen LogP contribution in [0.25, 0.3) is 0 Å². The predicted octanol–water partition coefficient (Wildman–Crippen LogP) is 2.98. The molecule has 0 aromatic carbocycles. The molecule has 2 heterocycles. The number of carbonyl (C=O) groups excluding carboxylic acids is 1. The van der Waals surface area contributed by atoms with Crippen molar-refractivity contribution in [2.45, 2.75) is 51.5 Å². The molecule has 1 aliphatic rings. The van der Waals surface area contributed by atoms with Crippen LogP contribution in [-0.2, 0) is 0 Å². The lowest BCUT2D eigenvalue weighted by Crippen LogP contribution is -2.44. The topological polar surface area (TPSA) is 48.5 Å². The number of hydrogen-bond donors (Lipinski definition) is 1. The summed E-state index contributed by atoms with van der Waals surface area (Å²) in [6, 6.07) is 0. The van der Waals surface area contributed by atoms with Gasteiger partial charge in [-0.05, 0) is 66.6 Å². The smallest absolute Gasteiger partial charge is 0.271 e. The standard InChI is InChI=1S/C17H30N4OS/c1-17(2,9-8-10-20(3)4)19-15(22)14-13-23-16(18-14)21-11-6-5-7-12-21/h13H,5-12H2,1-4H3,(H,19,22). The first-order valence-electron chi connectivity index (χ1n) is 8.55. The van der Waals surface area contributed by atoms with Gasteiger partial charge in [0.15, 0.2) is 5.13 Å². The Bertz CT molecular complexity index is 506. The van der Waals surface area contributed by atoms with E-state index in [1.54, 1.807) is 11.3 Å². The maximum atomic E-state index is 12.5. The summed E-state index contributed by atoms with van der Waals surface area (Å²) >= 11 is 1.58. The maximum absolute atomic E-state index is 12.5. The Kier molecular flexibility index (Phi) is 6.41. The Morgan fingerprint density at radius 2 is 2.04 bits per heavy atom. The molecule has 6 heteroatoms. The van der Waals surface area contributed by atoms with Gasteiger partial charge in [-0.25, -0.2) is 4.98 Å². The largest absolute Gasteiger partial charge is 0.348 e. The van der Waals surface area contributed by atoms with E-state index < -0.39 is 0 Å². The second-order valence-electron chi connectivity index (χ2n) is 7.31. The van der Waals surface area contributed by atoms with Gasteiger partial charge in [0.05, 0.1) is 0 Å². The molecular formula is C17H30N4OS. The molecule has 5 nitrogen and oxygen atoms in total. The number of piperidine rings is 1. The van der Waals surface area contributed by atoms with Gasteiger partial charge < -0.3 is 15.1 Å². The van der Waals surface area contributed by atoms with Gasteiger partial charge in [0.25, 0.3) is 5.91 Å². The number of nitrogens with zero attached hydrogens (tertiary/aromatic N) is 3. The van der Waals surface area contributed by atoms with E-state index in [1.165, 1.54) is 19.3 Å². The zero-order chi connectivity index (χ0) is 16.9. The minimum absolute atomic E-state index is 0.0561. The minimum atomic E-state index is -0.206. The van der Waals surface area contributed by atoms with Gasteiger partial charge >= 0.3 is 0 Å². The first kappa shape index (κ1) is 18.2. The SMILES string of the molecule is CN(C)CCCC(C)(C)NC(=O)c1csc(N2CCCCC2)n1. The van der Waals surface area contributed by atoms with Crippen molar-refractivity contribution in [1.29, 1.82) is 0 Å². The number of rotatable bonds is 7. The molecule has 0 atom stereocenters. The first-order valence-corrected chi connectivity index (χ1v) is 9.43. The lowest BCUT2D eigenvalue weighted by atomic mass is 9.98. The second kappa shape index (κ2) is 8.11. The van der Waals surface area contributed by atoms with Crippen molar-refractivity contribution in [2.24, 2.45) is 0 Å². The third-order valence-electron chi connectivity index (χ3n) is 4.21. The Labute approximate surface area is 144 Å². The molecule has 1 N–H and O–H groups in total. The quantitative estimate of drug-likeness (QED) is 0.830. The lowest BCUT2D eigenvalue weighted by Gasteiger charge is -2.27. The monoisotopic (exact) mass is 338 g/mol. The summed E-state index contributed by atoms with van der Waals surface area (Å²) in [6.07, 6.45) is 5.77. The van der Waals surface area contributed by atoms with Crippen molar-refractivity contribution in [1.82, 2.24) is 15.2 Å². The van der Waals surface area contributed by atoms with Gasteiger partial charge in [-0.15, -0.1) is 11.3 Å². The number of aromatic nitrogens is 1. The number of thiazole rings is 1. The summed E-state index contributed by atoms with van der Waals surface area (Å²) in [6.45, 7) is 7.32. The molecule has 1 saturated heterocycles. The number of carbonyl (C=O) groups is 1. The number of nitrogens with one attached hydrogen (secondary N) is 1. The lowest BCUT2D eigenvalue weighted by molar-refractivity contribution is 0.0903. The van der Waals surface area contributed by atoms with E-state index in [2.05, 4.69) is 48.0 Å². The number of hydrogen-bond acceptors (Lipinski definition) is 5. The number of amides is 1. The van der Waals surface area contributed by atoms with E-state index in [1.807, 2.05) is 5.38 Å². The Morgan fingerprint density at radius 1 is 1.35 bits per heavy atom. The normalized spacial score (nSPS) is 16.0. The van der Waals surface area contributed by atoms with Crippen LogP contribution in [0.15, 0.2) is 5.38 Å². The van der Waals surface area contributed by atoms with Crippen LogP contribution in [0, 0.1) is 0 Å². The molecular weight excluding hydrogens is 308 g/mol. The molecule has 0 bridgehead atoms. The van der Waals surface area contributed by atoms with Crippen molar-refractivity contribution < 1.29 is 4.79 Å². The third-order valence-corrected chi connectivity index (χ3v) is 5.11. The Balaban J connectivity index is 1.88. The van der Waals surface area contributed by atoms with Crippen LogP contribution in [-0.4, -0.2) is 55.1 Å². The first-order chi connectivity index (χ1) is 10.9. The molecule has 0 spiro atoms. The summed E-state index contributed by atoms with van der Waals surface area (Å²) < 4.78 is 0. The fourth-order valence-corrected chi connectivity index (χ4v) is 3.73. The van der Waals surface area contributed by atoms with Crippen molar-refractivity contribution >= 4 is 22.4 Å². The Hall–Kier alpha value is -1.14. The predicted molar refractivity (Wildman–Crippen MR) is 97.5 cm³/mol. The summed E-state index contributed by atoms with van der Waals surface area (Å²) in [7, 11) is 4.14. The van der Waals surface area contributed by atoms with Crippen molar-refractivity contribution in [3.8, 4) is 0 Å². The van der Waals surface area contributed by atoms with E-state index in [-0.39, 0.29) is 11.4 Å². The Morgan fingerprint density at radius 3 is 2.70 bits per heavy atom. The van der Waals surface area contributed by atoms with Crippen LogP contribution in [0.4, 0.5) is 5.13 Å². The third kappa shape index (κ3) is 5.77. The fourth-order valence-electron chi connectivity index (χ4n) is 2.87. The fraction of sp³-hybridized carbons (Fsp3) is 0.765. The zero-order valence-electron chi connectivity index (χ0n) is 14.9. The molecule has 1 aromatic heterocycles. The molecule has 1 fully saturated rings. The van der Waals surface area contributed by atoms with Gasteiger partial charge in [-0.3, -0.25) is 4.79 Å². The van der Waals surface area contributed by atoms with Crippen molar-refractivity contribution in [2.75, 3.05) is 38.6 Å². The van der Waals surface area contributed by atoms with E-state index in [0.29, 0.717) is 5.69 Å². The van der Waals surface area contributed by atoms with E-state index in [4.69, 9.17) is 0 Å². The average molecular weight is 339 g/mol. The second-order valence-corrected chi connectivity index (χ2v) is 8.14. The molecule has 130 valence electrons. The average Bonchev–Trinajstić information content (AvgIpc) is 2.97. The highest BCUT2D eigenvalue weighted by molar-refractivity contribution is 7.13. The molecule has 0 saturated carbocycles. The molecule has 1 aliphatic heterocycles. The van der Waals surface area contributed by atoms with Gasteiger partial charge in [0.2, 0.25) is 0 Å². The van der Waals surface area contributed by atoms with Crippen LogP contribution in [0.5, 0.6) is 0 Å². The van der Waals surface area contributed by atoms with Crippen molar-refractivity contribution in [3.63, 3.8) is 0 Å².